The molecule has 1 unspecified atom stereocenters. The van der Waals surface area contributed by atoms with E-state index in [1.807, 2.05) is 0 Å². The summed E-state index contributed by atoms with van der Waals surface area (Å²) < 4.78 is 0. The van der Waals surface area contributed by atoms with Crippen molar-refractivity contribution in [2.24, 2.45) is 0 Å². The molecule has 0 aliphatic carbocycles. The average molecular weight is 306 g/mol. The summed E-state index contributed by atoms with van der Waals surface area (Å²) in [6, 6.07) is 5.90. The summed E-state index contributed by atoms with van der Waals surface area (Å²) >= 11 is 0. The van der Waals surface area contributed by atoms with Crippen molar-refractivity contribution in [3.05, 3.63) is 24.3 Å². The molecule has 1 atom stereocenters. The number of carbonyl (C=O) groups is 3. The Hall–Kier alpha value is -2.57. The SMILES string of the molecule is CCNC(=O)NC(=O)C(C)Nc1ccc(NC(=O)CC)cc1. The number of rotatable bonds is 6. The normalized spacial score (nSPS) is 11.2. The zero-order valence-electron chi connectivity index (χ0n) is 13.0. The molecule has 1 aromatic rings. The van der Waals surface area contributed by atoms with Gasteiger partial charge in [0.15, 0.2) is 0 Å². The van der Waals surface area contributed by atoms with Gasteiger partial charge in [0, 0.05) is 24.3 Å². The summed E-state index contributed by atoms with van der Waals surface area (Å²) in [6.07, 6.45) is 0.414. The molecule has 4 amide bonds. The fourth-order valence-corrected chi connectivity index (χ4v) is 1.64. The fourth-order valence-electron chi connectivity index (χ4n) is 1.64. The Morgan fingerprint density at radius 2 is 1.64 bits per heavy atom. The van der Waals surface area contributed by atoms with Gasteiger partial charge in [-0.1, -0.05) is 6.92 Å². The second-order valence-corrected chi connectivity index (χ2v) is 4.69. The summed E-state index contributed by atoms with van der Waals surface area (Å²) in [7, 11) is 0. The number of anilines is 2. The lowest BCUT2D eigenvalue weighted by Gasteiger charge is -2.15. The Morgan fingerprint density at radius 3 is 2.18 bits per heavy atom. The third-order valence-electron chi connectivity index (χ3n) is 2.84. The Morgan fingerprint density at radius 1 is 1.05 bits per heavy atom. The van der Waals surface area contributed by atoms with Crippen LogP contribution in [0.3, 0.4) is 0 Å². The maximum Gasteiger partial charge on any atom is 0.321 e. The van der Waals surface area contributed by atoms with Gasteiger partial charge in [-0.15, -0.1) is 0 Å². The van der Waals surface area contributed by atoms with E-state index in [1.165, 1.54) is 0 Å². The molecule has 1 rings (SSSR count). The van der Waals surface area contributed by atoms with Crippen molar-refractivity contribution < 1.29 is 14.4 Å². The minimum Gasteiger partial charge on any atom is -0.374 e. The van der Waals surface area contributed by atoms with Crippen molar-refractivity contribution in [3.63, 3.8) is 0 Å². The maximum absolute atomic E-state index is 11.8. The van der Waals surface area contributed by atoms with Gasteiger partial charge in [-0.2, -0.15) is 0 Å². The number of hydrogen-bond donors (Lipinski definition) is 4. The minimum atomic E-state index is -0.571. The second-order valence-electron chi connectivity index (χ2n) is 4.69. The molecule has 7 nitrogen and oxygen atoms in total. The Balaban J connectivity index is 2.53. The molecule has 22 heavy (non-hydrogen) atoms. The zero-order chi connectivity index (χ0) is 16.5. The van der Waals surface area contributed by atoms with Gasteiger partial charge >= 0.3 is 6.03 Å². The number of urea groups is 1. The summed E-state index contributed by atoms with van der Waals surface area (Å²) in [5.74, 6) is -0.482. The molecule has 1 aromatic carbocycles. The summed E-state index contributed by atoms with van der Waals surface area (Å²) in [6.45, 7) is 5.65. The molecule has 7 heteroatoms. The molecule has 120 valence electrons. The highest BCUT2D eigenvalue weighted by atomic mass is 16.2. The van der Waals surface area contributed by atoms with E-state index < -0.39 is 18.0 Å². The molecule has 0 aliphatic heterocycles. The summed E-state index contributed by atoms with van der Waals surface area (Å²) in [5.41, 5.74) is 1.41. The van der Waals surface area contributed by atoms with Gasteiger partial charge < -0.3 is 16.0 Å². The van der Waals surface area contributed by atoms with Gasteiger partial charge in [0.2, 0.25) is 11.8 Å². The van der Waals surface area contributed by atoms with Crippen molar-refractivity contribution in [1.82, 2.24) is 10.6 Å². The lowest BCUT2D eigenvalue weighted by molar-refractivity contribution is -0.120. The van der Waals surface area contributed by atoms with Crippen LogP contribution in [0.4, 0.5) is 16.2 Å². The smallest absolute Gasteiger partial charge is 0.321 e. The van der Waals surface area contributed by atoms with E-state index in [1.54, 1.807) is 45.0 Å². The van der Waals surface area contributed by atoms with E-state index >= 15 is 0 Å². The topological polar surface area (TPSA) is 99.3 Å². The molecule has 0 spiro atoms. The Labute approximate surface area is 129 Å². The van der Waals surface area contributed by atoms with Crippen molar-refractivity contribution in [2.75, 3.05) is 17.2 Å². The summed E-state index contributed by atoms with van der Waals surface area (Å²) in [4.78, 5) is 34.3. The van der Waals surface area contributed by atoms with Crippen molar-refractivity contribution in [1.29, 1.82) is 0 Å². The molecular weight excluding hydrogens is 284 g/mol. The second kappa shape index (κ2) is 8.66. The lowest BCUT2D eigenvalue weighted by Crippen LogP contribution is -2.45. The van der Waals surface area contributed by atoms with Gasteiger partial charge in [-0.3, -0.25) is 14.9 Å². The maximum atomic E-state index is 11.8. The van der Waals surface area contributed by atoms with Gasteiger partial charge in [0.25, 0.3) is 0 Å². The van der Waals surface area contributed by atoms with E-state index in [2.05, 4.69) is 21.3 Å². The van der Waals surface area contributed by atoms with Crippen LogP contribution in [0.5, 0.6) is 0 Å². The van der Waals surface area contributed by atoms with Crippen LogP contribution in [0.15, 0.2) is 24.3 Å². The fraction of sp³-hybridized carbons (Fsp3) is 0.400. The molecule has 0 saturated heterocycles. The zero-order valence-corrected chi connectivity index (χ0v) is 13.0. The number of benzene rings is 1. The first-order valence-electron chi connectivity index (χ1n) is 7.21. The molecule has 0 radical (unpaired) electrons. The van der Waals surface area contributed by atoms with E-state index in [-0.39, 0.29) is 5.91 Å². The standard InChI is InChI=1S/C15H22N4O3/c1-4-13(20)18-12-8-6-11(7-9-12)17-10(3)14(21)19-15(22)16-5-2/h6-10,17H,4-5H2,1-3H3,(H,18,20)(H2,16,19,21,22). The molecule has 0 saturated carbocycles. The molecule has 0 aromatic heterocycles. The van der Waals surface area contributed by atoms with Gasteiger partial charge in [0.05, 0.1) is 0 Å². The molecule has 0 heterocycles. The first kappa shape index (κ1) is 17.5. The molecular formula is C15H22N4O3. The van der Waals surface area contributed by atoms with E-state index in [0.717, 1.165) is 0 Å². The lowest BCUT2D eigenvalue weighted by atomic mass is 10.2. The molecule has 0 bridgehead atoms. The third kappa shape index (κ3) is 5.82. The highest BCUT2D eigenvalue weighted by Crippen LogP contribution is 2.14. The molecule has 0 fully saturated rings. The van der Waals surface area contributed by atoms with Crippen LogP contribution in [0.25, 0.3) is 0 Å². The first-order valence-corrected chi connectivity index (χ1v) is 7.21. The Kier molecular flexibility index (Phi) is 6.88. The number of carbonyl (C=O) groups excluding carboxylic acids is 3. The predicted molar refractivity (Wildman–Crippen MR) is 85.7 cm³/mol. The van der Waals surface area contributed by atoms with Crippen LogP contribution in [-0.4, -0.2) is 30.4 Å². The van der Waals surface area contributed by atoms with Crippen LogP contribution in [0.1, 0.15) is 27.2 Å². The van der Waals surface area contributed by atoms with Gasteiger partial charge in [0.1, 0.15) is 6.04 Å². The van der Waals surface area contributed by atoms with Crippen LogP contribution >= 0.6 is 0 Å². The average Bonchev–Trinajstić information content (AvgIpc) is 2.49. The van der Waals surface area contributed by atoms with Gasteiger partial charge in [-0.05, 0) is 38.1 Å². The minimum absolute atomic E-state index is 0.0598. The van der Waals surface area contributed by atoms with Crippen molar-refractivity contribution in [3.8, 4) is 0 Å². The van der Waals surface area contributed by atoms with Crippen LogP contribution in [0, 0.1) is 0 Å². The largest absolute Gasteiger partial charge is 0.374 e. The Bertz CT molecular complexity index is 528. The monoisotopic (exact) mass is 306 g/mol. The third-order valence-corrected chi connectivity index (χ3v) is 2.84. The summed E-state index contributed by atoms with van der Waals surface area (Å²) in [5, 5.41) is 10.4. The molecule has 4 N–H and O–H groups in total. The number of nitrogens with one attached hydrogen (secondary N) is 4. The predicted octanol–water partition coefficient (Wildman–Crippen LogP) is 1.68. The molecule has 0 aliphatic rings. The van der Waals surface area contributed by atoms with Crippen LogP contribution < -0.4 is 21.3 Å². The highest BCUT2D eigenvalue weighted by Gasteiger charge is 2.15. The number of amides is 4. The number of hydrogen-bond acceptors (Lipinski definition) is 4. The van der Waals surface area contributed by atoms with E-state index in [9.17, 15) is 14.4 Å². The quantitative estimate of drug-likeness (QED) is 0.642. The van der Waals surface area contributed by atoms with E-state index in [4.69, 9.17) is 0 Å². The van der Waals surface area contributed by atoms with Crippen LogP contribution in [0.2, 0.25) is 0 Å². The highest BCUT2D eigenvalue weighted by molar-refractivity contribution is 5.98. The van der Waals surface area contributed by atoms with Crippen molar-refractivity contribution >= 4 is 29.2 Å². The van der Waals surface area contributed by atoms with Crippen molar-refractivity contribution in [2.45, 2.75) is 33.2 Å². The van der Waals surface area contributed by atoms with Gasteiger partial charge in [-0.25, -0.2) is 4.79 Å². The van der Waals surface area contributed by atoms with E-state index in [0.29, 0.717) is 24.3 Å². The first-order chi connectivity index (χ1) is 10.5. The number of imide groups is 1. The van der Waals surface area contributed by atoms with Crippen LogP contribution in [-0.2, 0) is 9.59 Å².